The van der Waals surface area contributed by atoms with Gasteiger partial charge in [-0.15, -0.1) is 0 Å². The summed E-state index contributed by atoms with van der Waals surface area (Å²) in [6.45, 7) is 4.93. The molecule has 5 heteroatoms. The van der Waals surface area contributed by atoms with Gasteiger partial charge >= 0.3 is 0 Å². The quantitative estimate of drug-likeness (QED) is 0.773. The first-order valence-electron chi connectivity index (χ1n) is 7.23. The Hall–Kier alpha value is -1.10. The Morgan fingerprint density at radius 1 is 1.37 bits per heavy atom. The molecule has 19 heavy (non-hydrogen) atoms. The van der Waals surface area contributed by atoms with Crippen molar-refractivity contribution < 1.29 is 9.59 Å². The van der Waals surface area contributed by atoms with Gasteiger partial charge in [0, 0.05) is 25.6 Å². The largest absolute Gasteiger partial charge is 0.355 e. The van der Waals surface area contributed by atoms with Crippen LogP contribution in [0.25, 0.3) is 0 Å². The van der Waals surface area contributed by atoms with Gasteiger partial charge in [-0.25, -0.2) is 0 Å². The third-order valence-electron chi connectivity index (χ3n) is 3.94. The van der Waals surface area contributed by atoms with Crippen LogP contribution in [0.15, 0.2) is 0 Å². The van der Waals surface area contributed by atoms with Crippen molar-refractivity contribution in [1.29, 1.82) is 0 Å². The van der Waals surface area contributed by atoms with E-state index in [1.54, 1.807) is 7.05 Å². The van der Waals surface area contributed by atoms with E-state index < -0.39 is 0 Å². The molecule has 0 radical (unpaired) electrons. The zero-order valence-electron chi connectivity index (χ0n) is 12.3. The molecule has 0 bridgehead atoms. The summed E-state index contributed by atoms with van der Waals surface area (Å²) in [7, 11) is 1.69. The molecule has 2 amide bonds. The van der Waals surface area contributed by atoms with Gasteiger partial charge in [-0.2, -0.15) is 0 Å². The monoisotopic (exact) mass is 269 g/mol. The average molecular weight is 269 g/mol. The fraction of sp³-hybridized carbons (Fsp3) is 0.857. The molecule has 0 aromatic carbocycles. The Morgan fingerprint density at radius 3 is 2.63 bits per heavy atom. The van der Waals surface area contributed by atoms with Crippen LogP contribution in [-0.2, 0) is 9.59 Å². The second-order valence-electron chi connectivity index (χ2n) is 5.70. The number of amides is 2. The van der Waals surface area contributed by atoms with Crippen molar-refractivity contribution in [3.05, 3.63) is 0 Å². The van der Waals surface area contributed by atoms with Crippen molar-refractivity contribution >= 4 is 11.8 Å². The first kappa shape index (κ1) is 16.0. The Kier molecular flexibility index (Phi) is 6.28. The standard InChI is InChI=1S/C14H27N3O2/c1-4-7-16-13(18)9-17(3)14(19)11-6-5-10(2)12(15)8-11/h10-12H,4-9,15H2,1-3H3,(H,16,18). The molecule has 0 heterocycles. The molecule has 1 aliphatic carbocycles. The van der Waals surface area contributed by atoms with Gasteiger partial charge in [0.05, 0.1) is 6.54 Å². The van der Waals surface area contributed by atoms with Crippen LogP contribution in [0, 0.1) is 11.8 Å². The van der Waals surface area contributed by atoms with E-state index in [9.17, 15) is 9.59 Å². The number of carbonyl (C=O) groups excluding carboxylic acids is 2. The highest BCUT2D eigenvalue weighted by Crippen LogP contribution is 2.28. The summed E-state index contributed by atoms with van der Waals surface area (Å²) in [6.07, 6.45) is 3.52. The van der Waals surface area contributed by atoms with Gasteiger partial charge in [0.15, 0.2) is 0 Å². The molecule has 0 aromatic rings. The summed E-state index contributed by atoms with van der Waals surface area (Å²) in [5.74, 6) is 0.428. The van der Waals surface area contributed by atoms with E-state index in [4.69, 9.17) is 5.73 Å². The van der Waals surface area contributed by atoms with Crippen LogP contribution in [0.2, 0.25) is 0 Å². The van der Waals surface area contributed by atoms with Crippen LogP contribution in [0.5, 0.6) is 0 Å². The number of nitrogens with two attached hydrogens (primary N) is 1. The van der Waals surface area contributed by atoms with Gasteiger partial charge < -0.3 is 16.0 Å². The first-order valence-corrected chi connectivity index (χ1v) is 7.23. The van der Waals surface area contributed by atoms with Crippen molar-refractivity contribution in [2.75, 3.05) is 20.1 Å². The van der Waals surface area contributed by atoms with Crippen molar-refractivity contribution in [3.63, 3.8) is 0 Å². The minimum atomic E-state index is -0.0915. The van der Waals surface area contributed by atoms with Crippen LogP contribution >= 0.6 is 0 Å². The Labute approximate surface area is 115 Å². The molecule has 0 aromatic heterocycles. The third-order valence-corrected chi connectivity index (χ3v) is 3.94. The minimum Gasteiger partial charge on any atom is -0.355 e. The summed E-state index contributed by atoms with van der Waals surface area (Å²) in [4.78, 5) is 25.4. The maximum Gasteiger partial charge on any atom is 0.239 e. The van der Waals surface area contributed by atoms with Gasteiger partial charge in [-0.05, 0) is 31.6 Å². The molecule has 5 nitrogen and oxygen atoms in total. The van der Waals surface area contributed by atoms with Crippen LogP contribution in [0.1, 0.15) is 39.5 Å². The molecule has 1 fully saturated rings. The second-order valence-corrected chi connectivity index (χ2v) is 5.70. The summed E-state index contributed by atoms with van der Waals surface area (Å²) < 4.78 is 0. The topological polar surface area (TPSA) is 75.4 Å². The van der Waals surface area contributed by atoms with E-state index in [1.165, 1.54) is 4.90 Å². The number of carbonyl (C=O) groups is 2. The molecule has 3 atom stereocenters. The van der Waals surface area contributed by atoms with Crippen LogP contribution < -0.4 is 11.1 Å². The summed E-state index contributed by atoms with van der Waals surface area (Å²) in [5.41, 5.74) is 6.02. The first-order chi connectivity index (χ1) is 8.95. The summed E-state index contributed by atoms with van der Waals surface area (Å²) >= 11 is 0. The molecular weight excluding hydrogens is 242 g/mol. The van der Waals surface area contributed by atoms with Gasteiger partial charge in [-0.3, -0.25) is 9.59 Å². The molecule has 3 N–H and O–H groups in total. The fourth-order valence-electron chi connectivity index (χ4n) is 2.51. The van der Waals surface area contributed by atoms with E-state index in [0.717, 1.165) is 25.7 Å². The van der Waals surface area contributed by atoms with Crippen molar-refractivity contribution in [3.8, 4) is 0 Å². The number of nitrogens with one attached hydrogen (secondary N) is 1. The molecule has 3 unspecified atom stereocenters. The van der Waals surface area contributed by atoms with Gasteiger partial charge in [0.1, 0.15) is 0 Å². The molecule has 0 spiro atoms. The lowest BCUT2D eigenvalue weighted by Gasteiger charge is -2.33. The molecule has 110 valence electrons. The normalized spacial score (nSPS) is 26.8. The molecular formula is C14H27N3O2. The lowest BCUT2D eigenvalue weighted by atomic mass is 9.79. The van der Waals surface area contributed by atoms with E-state index in [1.807, 2.05) is 6.92 Å². The van der Waals surface area contributed by atoms with Crippen molar-refractivity contribution in [2.24, 2.45) is 17.6 Å². The van der Waals surface area contributed by atoms with Gasteiger partial charge in [0.2, 0.25) is 11.8 Å². The predicted molar refractivity (Wildman–Crippen MR) is 75.4 cm³/mol. The van der Waals surface area contributed by atoms with Crippen LogP contribution in [0.3, 0.4) is 0 Å². The Bertz CT molecular complexity index is 320. The van der Waals surface area contributed by atoms with Crippen molar-refractivity contribution in [1.82, 2.24) is 10.2 Å². The van der Waals surface area contributed by atoms with E-state index in [2.05, 4.69) is 12.2 Å². The number of rotatable bonds is 5. The molecule has 1 rings (SSSR count). The van der Waals surface area contributed by atoms with Gasteiger partial charge in [-0.1, -0.05) is 13.8 Å². The maximum atomic E-state index is 12.2. The fourth-order valence-corrected chi connectivity index (χ4v) is 2.51. The lowest BCUT2D eigenvalue weighted by Crippen LogP contribution is -2.45. The smallest absolute Gasteiger partial charge is 0.239 e. The number of nitrogens with zero attached hydrogens (tertiary/aromatic N) is 1. The van der Waals surface area contributed by atoms with Crippen LogP contribution in [0.4, 0.5) is 0 Å². The average Bonchev–Trinajstić information content (AvgIpc) is 2.38. The van der Waals surface area contributed by atoms with Crippen molar-refractivity contribution in [2.45, 2.75) is 45.6 Å². The Morgan fingerprint density at radius 2 is 2.05 bits per heavy atom. The highest BCUT2D eigenvalue weighted by molar-refractivity contribution is 5.85. The van der Waals surface area contributed by atoms with E-state index in [-0.39, 0.29) is 30.3 Å². The SMILES string of the molecule is CCCNC(=O)CN(C)C(=O)C1CCC(C)C(N)C1. The van der Waals surface area contributed by atoms with Gasteiger partial charge in [0.25, 0.3) is 0 Å². The lowest BCUT2D eigenvalue weighted by molar-refractivity contribution is -0.139. The molecule has 0 aliphatic heterocycles. The predicted octanol–water partition coefficient (Wildman–Crippen LogP) is 0.735. The second kappa shape index (κ2) is 7.48. The zero-order valence-corrected chi connectivity index (χ0v) is 12.3. The number of hydrogen-bond acceptors (Lipinski definition) is 3. The van der Waals surface area contributed by atoms with E-state index in [0.29, 0.717) is 12.5 Å². The number of hydrogen-bond donors (Lipinski definition) is 2. The maximum absolute atomic E-state index is 12.2. The zero-order chi connectivity index (χ0) is 14.4. The highest BCUT2D eigenvalue weighted by atomic mass is 16.2. The molecule has 1 saturated carbocycles. The van der Waals surface area contributed by atoms with E-state index >= 15 is 0 Å². The summed E-state index contributed by atoms with van der Waals surface area (Å²) in [5, 5.41) is 2.78. The molecule has 0 saturated heterocycles. The van der Waals surface area contributed by atoms with Crippen LogP contribution in [-0.4, -0.2) is 42.9 Å². The highest BCUT2D eigenvalue weighted by Gasteiger charge is 2.31. The Balaban J connectivity index is 2.42. The number of likely N-dealkylation sites (N-methyl/N-ethyl adjacent to an activating group) is 1. The summed E-state index contributed by atoms with van der Waals surface area (Å²) in [6, 6.07) is 0.102. The molecule has 1 aliphatic rings. The minimum absolute atomic E-state index is 0.0184. The third kappa shape index (κ3) is 4.82.